The lowest BCUT2D eigenvalue weighted by atomic mass is 9.98. The Hall–Kier alpha value is -1.75. The van der Waals surface area contributed by atoms with Crippen molar-refractivity contribution in [1.82, 2.24) is 0 Å². The SMILES string of the molecule is CCOC(=O)c1ccc(N)c(N2C3CCC2CC(O)C3)c1. The molecule has 2 atom stereocenters. The quantitative estimate of drug-likeness (QED) is 0.657. The first-order chi connectivity index (χ1) is 10.1. The highest BCUT2D eigenvalue weighted by atomic mass is 16.5. The smallest absolute Gasteiger partial charge is 0.338 e. The summed E-state index contributed by atoms with van der Waals surface area (Å²) in [6, 6.07) is 5.94. The van der Waals surface area contributed by atoms with Gasteiger partial charge in [-0.05, 0) is 50.8 Å². The molecule has 0 amide bonds. The van der Waals surface area contributed by atoms with E-state index in [1.165, 1.54) is 0 Å². The van der Waals surface area contributed by atoms with Crippen LogP contribution in [0.2, 0.25) is 0 Å². The largest absolute Gasteiger partial charge is 0.462 e. The average molecular weight is 290 g/mol. The third-order valence-electron chi connectivity index (χ3n) is 4.53. The van der Waals surface area contributed by atoms with Crippen molar-refractivity contribution in [3.63, 3.8) is 0 Å². The van der Waals surface area contributed by atoms with Crippen molar-refractivity contribution in [2.75, 3.05) is 17.2 Å². The van der Waals surface area contributed by atoms with E-state index in [1.807, 2.05) is 6.07 Å². The van der Waals surface area contributed by atoms with Crippen molar-refractivity contribution in [3.8, 4) is 0 Å². The summed E-state index contributed by atoms with van der Waals surface area (Å²) >= 11 is 0. The summed E-state index contributed by atoms with van der Waals surface area (Å²) in [7, 11) is 0. The molecule has 0 radical (unpaired) electrons. The highest BCUT2D eigenvalue weighted by Crippen LogP contribution is 2.41. The number of anilines is 2. The van der Waals surface area contributed by atoms with Crippen molar-refractivity contribution < 1.29 is 14.6 Å². The molecule has 2 aliphatic heterocycles. The molecule has 114 valence electrons. The lowest BCUT2D eigenvalue weighted by Crippen LogP contribution is -2.45. The minimum absolute atomic E-state index is 0.215. The molecule has 2 aliphatic rings. The van der Waals surface area contributed by atoms with Gasteiger partial charge in [-0.15, -0.1) is 0 Å². The molecular formula is C16H22N2O3. The van der Waals surface area contributed by atoms with Gasteiger partial charge in [0.15, 0.2) is 0 Å². The first-order valence-electron chi connectivity index (χ1n) is 7.63. The van der Waals surface area contributed by atoms with Gasteiger partial charge in [0.1, 0.15) is 0 Å². The highest BCUT2D eigenvalue weighted by Gasteiger charge is 2.41. The number of fused-ring (bicyclic) bond motifs is 2. The lowest BCUT2D eigenvalue weighted by Gasteiger charge is -2.39. The number of nitrogen functional groups attached to an aromatic ring is 1. The molecule has 2 bridgehead atoms. The Morgan fingerprint density at radius 3 is 2.67 bits per heavy atom. The Bertz CT molecular complexity index is 532. The summed E-state index contributed by atoms with van der Waals surface area (Å²) in [5.41, 5.74) is 8.24. The van der Waals surface area contributed by atoms with E-state index in [9.17, 15) is 9.90 Å². The zero-order valence-electron chi connectivity index (χ0n) is 12.3. The standard InChI is InChI=1S/C16H22N2O3/c1-2-21-16(20)10-3-6-14(17)15(7-10)18-11-4-5-12(18)9-13(19)8-11/h3,6-7,11-13,19H,2,4-5,8-9,17H2,1H3. The number of nitrogens with zero attached hydrogens (tertiary/aromatic N) is 1. The Labute approximate surface area is 124 Å². The third-order valence-corrected chi connectivity index (χ3v) is 4.53. The van der Waals surface area contributed by atoms with E-state index in [4.69, 9.17) is 10.5 Å². The summed E-state index contributed by atoms with van der Waals surface area (Å²) in [5.74, 6) is -0.317. The molecule has 5 nitrogen and oxygen atoms in total. The second kappa shape index (κ2) is 5.56. The van der Waals surface area contributed by atoms with E-state index in [0.717, 1.165) is 31.4 Å². The van der Waals surface area contributed by atoms with E-state index in [1.54, 1.807) is 19.1 Å². The van der Waals surface area contributed by atoms with Gasteiger partial charge < -0.3 is 20.5 Å². The number of benzene rings is 1. The number of rotatable bonds is 3. The molecule has 0 spiro atoms. The predicted octanol–water partition coefficient (Wildman–Crippen LogP) is 1.94. The van der Waals surface area contributed by atoms with Gasteiger partial charge in [-0.1, -0.05) is 0 Å². The molecule has 1 aromatic rings. The normalized spacial score (nSPS) is 27.7. The van der Waals surface area contributed by atoms with Crippen LogP contribution in [0.5, 0.6) is 0 Å². The van der Waals surface area contributed by atoms with Gasteiger partial charge in [-0.2, -0.15) is 0 Å². The van der Waals surface area contributed by atoms with Crippen LogP contribution in [0, 0.1) is 0 Å². The van der Waals surface area contributed by atoms with Crippen molar-refractivity contribution in [2.24, 2.45) is 0 Å². The van der Waals surface area contributed by atoms with Gasteiger partial charge in [0.2, 0.25) is 0 Å². The molecule has 3 rings (SSSR count). The molecule has 0 aromatic heterocycles. The number of esters is 1. The fraction of sp³-hybridized carbons (Fsp3) is 0.562. The van der Waals surface area contributed by atoms with Crippen molar-refractivity contribution >= 4 is 17.3 Å². The van der Waals surface area contributed by atoms with Crippen LogP contribution in [-0.2, 0) is 4.74 Å². The van der Waals surface area contributed by atoms with Gasteiger partial charge in [-0.3, -0.25) is 0 Å². The molecule has 2 saturated heterocycles. The highest BCUT2D eigenvalue weighted by molar-refractivity contribution is 5.92. The van der Waals surface area contributed by atoms with E-state index in [2.05, 4.69) is 4.90 Å². The number of carbonyl (C=O) groups excluding carboxylic acids is 1. The van der Waals surface area contributed by atoms with Gasteiger partial charge >= 0.3 is 5.97 Å². The molecule has 2 fully saturated rings. The maximum absolute atomic E-state index is 11.9. The fourth-order valence-electron chi connectivity index (χ4n) is 3.65. The van der Waals surface area contributed by atoms with Crippen LogP contribution in [0.1, 0.15) is 43.0 Å². The number of hydrogen-bond acceptors (Lipinski definition) is 5. The fourth-order valence-corrected chi connectivity index (χ4v) is 3.65. The number of nitrogens with two attached hydrogens (primary N) is 1. The second-order valence-electron chi connectivity index (χ2n) is 5.91. The maximum Gasteiger partial charge on any atom is 0.338 e. The Morgan fingerprint density at radius 2 is 2.05 bits per heavy atom. The molecule has 2 unspecified atom stereocenters. The van der Waals surface area contributed by atoms with Crippen molar-refractivity contribution in [2.45, 2.75) is 50.8 Å². The van der Waals surface area contributed by atoms with Gasteiger partial charge in [0.05, 0.1) is 29.6 Å². The first kappa shape index (κ1) is 14.2. The number of carbonyl (C=O) groups is 1. The molecule has 1 aromatic carbocycles. The predicted molar refractivity (Wildman–Crippen MR) is 81.3 cm³/mol. The zero-order chi connectivity index (χ0) is 15.0. The molecule has 21 heavy (non-hydrogen) atoms. The average Bonchev–Trinajstić information content (AvgIpc) is 2.72. The zero-order valence-corrected chi connectivity index (χ0v) is 12.3. The Morgan fingerprint density at radius 1 is 1.38 bits per heavy atom. The monoisotopic (exact) mass is 290 g/mol. The summed E-state index contributed by atoms with van der Waals surface area (Å²) < 4.78 is 5.06. The minimum atomic E-state index is -0.317. The van der Waals surface area contributed by atoms with E-state index in [-0.39, 0.29) is 12.1 Å². The van der Waals surface area contributed by atoms with Crippen LogP contribution >= 0.6 is 0 Å². The van der Waals surface area contributed by atoms with Crippen LogP contribution < -0.4 is 10.6 Å². The van der Waals surface area contributed by atoms with Gasteiger partial charge in [0.25, 0.3) is 0 Å². The van der Waals surface area contributed by atoms with E-state index >= 15 is 0 Å². The molecule has 3 N–H and O–H groups in total. The van der Waals surface area contributed by atoms with Crippen LogP contribution in [0.3, 0.4) is 0 Å². The topological polar surface area (TPSA) is 75.8 Å². The lowest BCUT2D eigenvalue weighted by molar-refractivity contribution is 0.0526. The van der Waals surface area contributed by atoms with Gasteiger partial charge in [0, 0.05) is 12.1 Å². The van der Waals surface area contributed by atoms with Crippen LogP contribution in [0.4, 0.5) is 11.4 Å². The van der Waals surface area contributed by atoms with Gasteiger partial charge in [-0.25, -0.2) is 4.79 Å². The van der Waals surface area contributed by atoms with Crippen LogP contribution in [-0.4, -0.2) is 35.9 Å². The molecule has 2 heterocycles. The molecule has 5 heteroatoms. The first-order valence-corrected chi connectivity index (χ1v) is 7.63. The summed E-state index contributed by atoms with van der Waals surface area (Å²) in [5, 5.41) is 9.90. The number of aliphatic hydroxyl groups excluding tert-OH is 1. The van der Waals surface area contributed by atoms with Crippen LogP contribution in [0.15, 0.2) is 18.2 Å². The summed E-state index contributed by atoms with van der Waals surface area (Å²) in [4.78, 5) is 14.2. The van der Waals surface area contributed by atoms with E-state index in [0.29, 0.717) is 29.9 Å². The maximum atomic E-state index is 11.9. The minimum Gasteiger partial charge on any atom is -0.462 e. The third kappa shape index (κ3) is 2.58. The second-order valence-corrected chi connectivity index (χ2v) is 5.91. The molecular weight excluding hydrogens is 268 g/mol. The number of ether oxygens (including phenoxy) is 1. The van der Waals surface area contributed by atoms with Crippen molar-refractivity contribution in [1.29, 1.82) is 0 Å². The molecule has 0 aliphatic carbocycles. The van der Waals surface area contributed by atoms with E-state index < -0.39 is 0 Å². The number of aliphatic hydroxyl groups is 1. The molecule has 0 saturated carbocycles. The Balaban J connectivity index is 1.91. The number of piperidine rings is 1. The Kier molecular flexibility index (Phi) is 3.76. The summed E-state index contributed by atoms with van der Waals surface area (Å²) in [6.07, 6.45) is 3.49. The van der Waals surface area contributed by atoms with Crippen LogP contribution in [0.25, 0.3) is 0 Å². The summed E-state index contributed by atoms with van der Waals surface area (Å²) in [6.45, 7) is 2.15. The number of hydrogen-bond donors (Lipinski definition) is 2. The van der Waals surface area contributed by atoms with Crippen molar-refractivity contribution in [3.05, 3.63) is 23.8 Å².